The van der Waals surface area contributed by atoms with Crippen LogP contribution in [0.1, 0.15) is 84.1 Å². The van der Waals surface area contributed by atoms with Gasteiger partial charge in [0.15, 0.2) is 0 Å². The van der Waals surface area contributed by atoms with Crippen molar-refractivity contribution in [2.24, 2.45) is 28.6 Å². The van der Waals surface area contributed by atoms with Crippen molar-refractivity contribution >= 4 is 11.8 Å². The SMILES string of the molecule is C=C[C@@H](CCF)C(F)(F)[C@]1(O)CCC2C3CC[C@@]4(O)COCC(C)(C)COCCC4=C3C(c3ccc(SCC)cc3)C[C@@]21C. The minimum Gasteiger partial charge on any atom is -0.383 e. The van der Waals surface area contributed by atoms with Gasteiger partial charge in [-0.15, -0.1) is 18.3 Å². The highest BCUT2D eigenvalue weighted by Gasteiger charge is 2.72. The standard InChI is InChI=1S/C36H51F3O4S/c1-6-25(14-18-37)36(38,39)35(41)17-13-29-27-12-16-34(40)23-43-22-32(3,4)21-42-19-15-30(34)31(27)28(20-33(29,35)5)24-8-10-26(11-9-24)44-7-2/h6,8-11,25,27-29,40-41H,1,7,12-23H2,2-5H3/t25-,27?,28?,29?,33-,34+,35-/m0/s1. The monoisotopic (exact) mass is 636 g/mol. The Kier molecular flexibility index (Phi) is 9.83. The lowest BCUT2D eigenvalue weighted by atomic mass is 9.49. The Balaban J connectivity index is 1.64. The van der Waals surface area contributed by atoms with Crippen molar-refractivity contribution in [3.63, 3.8) is 0 Å². The first-order valence-corrected chi connectivity index (χ1v) is 17.4. The molecule has 2 saturated carbocycles. The third kappa shape index (κ3) is 5.74. The average molecular weight is 637 g/mol. The molecule has 0 amide bonds. The van der Waals surface area contributed by atoms with E-state index in [0.717, 1.165) is 33.4 Å². The number of hydrogen-bond acceptors (Lipinski definition) is 5. The van der Waals surface area contributed by atoms with Gasteiger partial charge in [-0.2, -0.15) is 0 Å². The molecule has 3 fully saturated rings. The van der Waals surface area contributed by atoms with Gasteiger partial charge in [-0.3, -0.25) is 4.39 Å². The van der Waals surface area contributed by atoms with E-state index in [1.54, 1.807) is 11.8 Å². The Morgan fingerprint density at radius 2 is 1.77 bits per heavy atom. The van der Waals surface area contributed by atoms with E-state index in [2.05, 4.69) is 51.6 Å². The summed E-state index contributed by atoms with van der Waals surface area (Å²) < 4.78 is 58.7. The lowest BCUT2D eigenvalue weighted by Crippen LogP contribution is -2.63. The summed E-state index contributed by atoms with van der Waals surface area (Å²) in [6, 6.07) is 8.34. The van der Waals surface area contributed by atoms with Crippen molar-refractivity contribution in [2.75, 3.05) is 38.9 Å². The van der Waals surface area contributed by atoms with Crippen LogP contribution in [0.2, 0.25) is 0 Å². The van der Waals surface area contributed by atoms with E-state index in [9.17, 15) is 14.6 Å². The summed E-state index contributed by atoms with van der Waals surface area (Å²) in [5.74, 6) is -4.61. The molecule has 3 aliphatic carbocycles. The Morgan fingerprint density at radius 3 is 2.43 bits per heavy atom. The van der Waals surface area contributed by atoms with Gasteiger partial charge in [0.05, 0.1) is 33.1 Å². The predicted octanol–water partition coefficient (Wildman–Crippen LogP) is 8.13. The van der Waals surface area contributed by atoms with Gasteiger partial charge in [0.25, 0.3) is 5.92 Å². The van der Waals surface area contributed by atoms with Gasteiger partial charge in [0.1, 0.15) is 11.2 Å². The zero-order valence-corrected chi connectivity index (χ0v) is 27.7. The molecule has 3 unspecified atom stereocenters. The second-order valence-electron chi connectivity index (χ2n) is 14.7. The molecule has 4 aliphatic rings. The summed E-state index contributed by atoms with van der Waals surface area (Å²) in [6.07, 6.45) is 3.08. The molecule has 1 aromatic carbocycles. The summed E-state index contributed by atoms with van der Waals surface area (Å²) in [7, 11) is 0. The molecule has 0 bridgehead atoms. The third-order valence-electron chi connectivity index (χ3n) is 11.4. The highest BCUT2D eigenvalue weighted by atomic mass is 32.2. The minimum absolute atomic E-state index is 0.0543. The highest BCUT2D eigenvalue weighted by molar-refractivity contribution is 7.99. The van der Waals surface area contributed by atoms with Crippen LogP contribution in [0.3, 0.4) is 0 Å². The van der Waals surface area contributed by atoms with E-state index in [4.69, 9.17) is 9.47 Å². The predicted molar refractivity (Wildman–Crippen MR) is 170 cm³/mol. The van der Waals surface area contributed by atoms with Gasteiger partial charge in [0.2, 0.25) is 0 Å². The fourth-order valence-electron chi connectivity index (χ4n) is 9.13. The molecule has 246 valence electrons. The Bertz CT molecular complexity index is 1220. The molecule has 1 aliphatic heterocycles. The van der Waals surface area contributed by atoms with Crippen LogP contribution in [0, 0.1) is 28.6 Å². The second kappa shape index (κ2) is 12.7. The van der Waals surface area contributed by atoms with Gasteiger partial charge in [0, 0.05) is 27.6 Å². The molecule has 0 radical (unpaired) electrons. The number of rotatable bonds is 8. The van der Waals surface area contributed by atoms with Crippen LogP contribution in [0.25, 0.3) is 0 Å². The number of ether oxygens (including phenoxy) is 2. The molecule has 2 N–H and O–H groups in total. The van der Waals surface area contributed by atoms with Crippen molar-refractivity contribution in [2.45, 2.75) is 101 Å². The topological polar surface area (TPSA) is 58.9 Å². The van der Waals surface area contributed by atoms with Gasteiger partial charge >= 0.3 is 0 Å². The molecule has 1 saturated heterocycles. The molecule has 0 aromatic heterocycles. The summed E-state index contributed by atoms with van der Waals surface area (Å²) in [5.41, 5.74) is -1.72. The van der Waals surface area contributed by atoms with Crippen molar-refractivity contribution in [3.05, 3.63) is 53.6 Å². The zero-order chi connectivity index (χ0) is 32.0. The summed E-state index contributed by atoms with van der Waals surface area (Å²) >= 11 is 1.74. The Labute approximate surface area is 265 Å². The summed E-state index contributed by atoms with van der Waals surface area (Å²) in [5, 5.41) is 24.5. The van der Waals surface area contributed by atoms with E-state index in [-0.39, 0.29) is 42.6 Å². The van der Waals surface area contributed by atoms with Crippen LogP contribution in [-0.4, -0.2) is 66.2 Å². The number of fused-ring (bicyclic) bond motifs is 4. The summed E-state index contributed by atoms with van der Waals surface area (Å²) in [6.45, 7) is 12.5. The first-order valence-electron chi connectivity index (χ1n) is 16.4. The molecule has 44 heavy (non-hydrogen) atoms. The maximum Gasteiger partial charge on any atom is 0.282 e. The van der Waals surface area contributed by atoms with Crippen LogP contribution in [-0.2, 0) is 9.47 Å². The highest BCUT2D eigenvalue weighted by Crippen LogP contribution is 2.70. The quantitative estimate of drug-likeness (QED) is 0.223. The number of allylic oxidation sites excluding steroid dienone is 2. The molecular formula is C36H51F3O4S. The van der Waals surface area contributed by atoms with Gasteiger partial charge in [-0.25, -0.2) is 8.78 Å². The fraction of sp³-hybridized carbons (Fsp3) is 0.722. The van der Waals surface area contributed by atoms with Crippen molar-refractivity contribution in [3.8, 4) is 0 Å². The lowest BCUT2D eigenvalue weighted by Gasteiger charge is -2.57. The molecule has 1 heterocycles. The zero-order valence-electron chi connectivity index (χ0n) is 26.8. The number of halogens is 3. The normalized spacial score (nSPS) is 36.6. The van der Waals surface area contributed by atoms with E-state index in [0.29, 0.717) is 51.9 Å². The van der Waals surface area contributed by atoms with E-state index in [1.165, 1.54) is 0 Å². The number of thioether (sulfide) groups is 1. The van der Waals surface area contributed by atoms with Gasteiger partial charge in [-0.1, -0.05) is 51.5 Å². The minimum atomic E-state index is -3.54. The van der Waals surface area contributed by atoms with Crippen molar-refractivity contribution in [1.29, 1.82) is 0 Å². The van der Waals surface area contributed by atoms with E-state index in [1.807, 2.05) is 6.92 Å². The largest absolute Gasteiger partial charge is 0.383 e. The maximum atomic E-state index is 16.5. The van der Waals surface area contributed by atoms with Crippen LogP contribution in [0.4, 0.5) is 13.2 Å². The number of hydrogen-bond donors (Lipinski definition) is 2. The van der Waals surface area contributed by atoms with Crippen LogP contribution >= 0.6 is 11.8 Å². The molecular weight excluding hydrogens is 585 g/mol. The molecule has 1 aromatic rings. The van der Waals surface area contributed by atoms with Crippen LogP contribution < -0.4 is 0 Å². The van der Waals surface area contributed by atoms with Gasteiger partial charge in [-0.05, 0) is 85.8 Å². The first kappa shape index (κ1) is 34.0. The summed E-state index contributed by atoms with van der Waals surface area (Å²) in [4.78, 5) is 1.14. The molecule has 5 rings (SSSR count). The Hall–Kier alpha value is -1.32. The maximum absolute atomic E-state index is 16.5. The average Bonchev–Trinajstić information content (AvgIpc) is 3.26. The second-order valence-corrected chi connectivity index (χ2v) is 16.0. The number of alkyl halides is 3. The third-order valence-corrected chi connectivity index (χ3v) is 12.3. The molecule has 4 nitrogen and oxygen atoms in total. The molecule has 8 heteroatoms. The van der Waals surface area contributed by atoms with Gasteiger partial charge < -0.3 is 19.7 Å². The lowest BCUT2D eigenvalue weighted by molar-refractivity contribution is -0.254. The van der Waals surface area contributed by atoms with E-state index >= 15 is 8.78 Å². The molecule has 0 spiro atoms. The van der Waals surface area contributed by atoms with Crippen molar-refractivity contribution in [1.82, 2.24) is 0 Å². The smallest absolute Gasteiger partial charge is 0.282 e. The fourth-order valence-corrected chi connectivity index (χ4v) is 9.79. The van der Waals surface area contributed by atoms with E-state index < -0.39 is 35.1 Å². The van der Waals surface area contributed by atoms with Crippen LogP contribution in [0.5, 0.6) is 0 Å². The Morgan fingerprint density at radius 1 is 1.07 bits per heavy atom. The first-order chi connectivity index (χ1) is 20.8. The number of benzene rings is 1. The van der Waals surface area contributed by atoms with Crippen LogP contribution in [0.15, 0.2) is 53.0 Å². The van der Waals surface area contributed by atoms with Crippen molar-refractivity contribution < 1.29 is 32.9 Å². The molecule has 7 atom stereocenters. The number of aliphatic hydroxyl groups is 2.